The highest BCUT2D eigenvalue weighted by Gasteiger charge is 2.32. The third-order valence-electron chi connectivity index (χ3n) is 8.05. The number of piperazine rings is 1. The van der Waals surface area contributed by atoms with E-state index in [2.05, 4.69) is 72.7 Å². The van der Waals surface area contributed by atoms with E-state index in [0.29, 0.717) is 26.1 Å². The van der Waals surface area contributed by atoms with Gasteiger partial charge in [0.05, 0.1) is 6.04 Å². The predicted octanol–water partition coefficient (Wildman–Crippen LogP) is 5.80. The molecule has 5 nitrogen and oxygen atoms in total. The number of rotatable bonds is 8. The number of aryl methyl sites for hydroxylation is 1. The number of nitrogens with zero attached hydrogens (tertiary/aromatic N) is 3. The van der Waals surface area contributed by atoms with Gasteiger partial charge in [-0.2, -0.15) is 0 Å². The van der Waals surface area contributed by atoms with Crippen molar-refractivity contribution in [1.82, 2.24) is 14.7 Å². The van der Waals surface area contributed by atoms with Crippen LogP contribution in [0.25, 0.3) is 0 Å². The Kier molecular flexibility index (Phi) is 8.60. The molecule has 3 heterocycles. The van der Waals surface area contributed by atoms with Gasteiger partial charge in [0.25, 0.3) is 5.91 Å². The Bertz CT molecular complexity index is 1220. The molecular weight excluding hydrogens is 490 g/mol. The number of carbonyl (C=O) groups excluding carboxylic acids is 2. The van der Waals surface area contributed by atoms with Crippen molar-refractivity contribution in [2.45, 2.75) is 58.0 Å². The molecule has 1 aromatic heterocycles. The average molecular weight is 530 g/mol. The van der Waals surface area contributed by atoms with Crippen molar-refractivity contribution in [3.63, 3.8) is 0 Å². The fraction of sp³-hybridized carbons (Fsp3) is 0.438. The molecule has 0 aliphatic carbocycles. The lowest BCUT2D eigenvalue weighted by molar-refractivity contribution is -0.134. The summed E-state index contributed by atoms with van der Waals surface area (Å²) < 4.78 is 0. The molecule has 1 fully saturated rings. The zero-order valence-electron chi connectivity index (χ0n) is 22.6. The van der Waals surface area contributed by atoms with Crippen LogP contribution >= 0.6 is 11.3 Å². The summed E-state index contributed by atoms with van der Waals surface area (Å²) in [6.07, 6.45) is 4.94. The van der Waals surface area contributed by atoms with Gasteiger partial charge in [-0.05, 0) is 66.5 Å². The van der Waals surface area contributed by atoms with Crippen LogP contribution < -0.4 is 0 Å². The second-order valence-electron chi connectivity index (χ2n) is 10.6. The highest BCUT2D eigenvalue weighted by atomic mass is 32.1. The first-order valence-electron chi connectivity index (χ1n) is 14.1. The summed E-state index contributed by atoms with van der Waals surface area (Å²) in [5, 5.41) is 2.19. The van der Waals surface area contributed by atoms with Gasteiger partial charge in [-0.25, -0.2) is 0 Å². The molecule has 2 amide bonds. The fourth-order valence-corrected chi connectivity index (χ4v) is 6.78. The predicted molar refractivity (Wildman–Crippen MR) is 155 cm³/mol. The van der Waals surface area contributed by atoms with Crippen molar-refractivity contribution in [3.8, 4) is 0 Å². The first-order chi connectivity index (χ1) is 18.5. The third kappa shape index (κ3) is 5.87. The standard InChI is InChI=1S/C32H39N3O2S/c1-3-4-8-25-11-13-27(14-12-25)32(37)35-21-20-34(23-24(35)2)30(36)16-19-33-18-15-29-28(17-22-38-29)31(33)26-9-6-5-7-10-26/h5-7,9-14,17,22,24,31H,3-4,8,15-16,18-21,23H2,1-2H3/t24-,31+/m0/s1. The first-order valence-corrected chi connectivity index (χ1v) is 15.0. The van der Waals surface area contributed by atoms with Gasteiger partial charge in [-0.1, -0.05) is 55.8 Å². The largest absolute Gasteiger partial charge is 0.339 e. The molecule has 38 heavy (non-hydrogen) atoms. The van der Waals surface area contributed by atoms with Crippen LogP contribution in [0, 0.1) is 0 Å². The summed E-state index contributed by atoms with van der Waals surface area (Å²) in [4.78, 5) is 34.3. The van der Waals surface area contributed by atoms with E-state index in [1.165, 1.54) is 34.4 Å². The monoisotopic (exact) mass is 529 g/mol. The number of amides is 2. The third-order valence-corrected chi connectivity index (χ3v) is 9.05. The number of fused-ring (bicyclic) bond motifs is 1. The van der Waals surface area contributed by atoms with Crippen LogP contribution in [-0.2, 0) is 17.6 Å². The Hall–Kier alpha value is -2.96. The molecule has 5 rings (SSSR count). The summed E-state index contributed by atoms with van der Waals surface area (Å²) in [7, 11) is 0. The van der Waals surface area contributed by atoms with Gasteiger partial charge in [0, 0.05) is 55.6 Å². The number of hydrogen-bond acceptors (Lipinski definition) is 4. The van der Waals surface area contributed by atoms with Crippen molar-refractivity contribution in [3.05, 3.63) is 93.2 Å². The van der Waals surface area contributed by atoms with Gasteiger partial charge in [0.1, 0.15) is 0 Å². The molecular formula is C32H39N3O2S. The Balaban J connectivity index is 1.17. The first kappa shape index (κ1) is 26.6. The van der Waals surface area contributed by atoms with Gasteiger partial charge in [-0.3, -0.25) is 14.5 Å². The number of hydrogen-bond donors (Lipinski definition) is 0. The molecule has 2 aromatic carbocycles. The lowest BCUT2D eigenvalue weighted by atomic mass is 9.93. The van der Waals surface area contributed by atoms with E-state index in [0.717, 1.165) is 31.5 Å². The number of benzene rings is 2. The van der Waals surface area contributed by atoms with Crippen LogP contribution in [0.2, 0.25) is 0 Å². The van der Waals surface area contributed by atoms with Crippen LogP contribution in [-0.4, -0.2) is 65.3 Å². The maximum atomic E-state index is 13.3. The van der Waals surface area contributed by atoms with Gasteiger partial charge in [0.2, 0.25) is 5.91 Å². The zero-order chi connectivity index (χ0) is 26.5. The van der Waals surface area contributed by atoms with Crippen molar-refractivity contribution < 1.29 is 9.59 Å². The van der Waals surface area contributed by atoms with Gasteiger partial charge >= 0.3 is 0 Å². The van der Waals surface area contributed by atoms with E-state index in [1.807, 2.05) is 33.3 Å². The van der Waals surface area contributed by atoms with Crippen LogP contribution in [0.1, 0.15) is 71.1 Å². The molecule has 1 saturated heterocycles. The van der Waals surface area contributed by atoms with E-state index < -0.39 is 0 Å². The summed E-state index contributed by atoms with van der Waals surface area (Å²) in [5.74, 6) is 0.254. The van der Waals surface area contributed by atoms with E-state index in [1.54, 1.807) is 0 Å². The maximum Gasteiger partial charge on any atom is 0.254 e. The molecule has 2 aliphatic heterocycles. The number of thiophene rings is 1. The minimum atomic E-state index is 0.000358. The second-order valence-corrected chi connectivity index (χ2v) is 11.6. The van der Waals surface area contributed by atoms with Crippen molar-refractivity contribution in [2.75, 3.05) is 32.7 Å². The normalized spacial score (nSPS) is 19.8. The molecule has 200 valence electrons. The quantitative estimate of drug-likeness (QED) is 0.370. The fourth-order valence-electron chi connectivity index (χ4n) is 5.88. The minimum Gasteiger partial charge on any atom is -0.339 e. The van der Waals surface area contributed by atoms with E-state index >= 15 is 0 Å². The molecule has 0 N–H and O–H groups in total. The Labute approximate surface area is 231 Å². The van der Waals surface area contributed by atoms with Crippen molar-refractivity contribution >= 4 is 23.2 Å². The number of carbonyl (C=O) groups is 2. The molecule has 0 saturated carbocycles. The lowest BCUT2D eigenvalue weighted by Crippen LogP contribution is -2.55. The highest BCUT2D eigenvalue weighted by molar-refractivity contribution is 7.10. The molecule has 0 bridgehead atoms. The molecule has 0 radical (unpaired) electrons. The summed E-state index contributed by atoms with van der Waals surface area (Å²) >= 11 is 1.84. The van der Waals surface area contributed by atoms with Crippen LogP contribution in [0.3, 0.4) is 0 Å². The van der Waals surface area contributed by atoms with Crippen LogP contribution in [0.4, 0.5) is 0 Å². The van der Waals surface area contributed by atoms with E-state index in [9.17, 15) is 9.59 Å². The summed E-state index contributed by atoms with van der Waals surface area (Å²) in [6.45, 7) is 7.73. The van der Waals surface area contributed by atoms with Gasteiger partial charge in [0.15, 0.2) is 0 Å². The molecule has 2 atom stereocenters. The van der Waals surface area contributed by atoms with Gasteiger partial charge < -0.3 is 9.80 Å². The molecule has 6 heteroatoms. The smallest absolute Gasteiger partial charge is 0.254 e. The molecule has 0 spiro atoms. The average Bonchev–Trinajstić information content (AvgIpc) is 3.44. The zero-order valence-corrected chi connectivity index (χ0v) is 23.5. The molecule has 3 aromatic rings. The topological polar surface area (TPSA) is 43.9 Å². The van der Waals surface area contributed by atoms with Crippen LogP contribution in [0.15, 0.2) is 66.0 Å². The molecule has 0 unspecified atom stereocenters. The molecule has 2 aliphatic rings. The maximum absolute atomic E-state index is 13.3. The summed E-state index contributed by atoms with van der Waals surface area (Å²) in [5.41, 5.74) is 4.70. The van der Waals surface area contributed by atoms with Crippen molar-refractivity contribution in [2.24, 2.45) is 0 Å². The lowest BCUT2D eigenvalue weighted by Gasteiger charge is -2.41. The summed E-state index contributed by atoms with van der Waals surface area (Å²) in [6, 6.07) is 21.2. The second kappa shape index (κ2) is 12.3. The van der Waals surface area contributed by atoms with Crippen LogP contribution in [0.5, 0.6) is 0 Å². The Morgan fingerprint density at radius 2 is 1.76 bits per heavy atom. The van der Waals surface area contributed by atoms with Gasteiger partial charge in [-0.15, -0.1) is 11.3 Å². The van der Waals surface area contributed by atoms with Crippen molar-refractivity contribution in [1.29, 1.82) is 0 Å². The number of unbranched alkanes of at least 4 members (excludes halogenated alkanes) is 1. The van der Waals surface area contributed by atoms with E-state index in [-0.39, 0.29) is 23.9 Å². The highest BCUT2D eigenvalue weighted by Crippen LogP contribution is 2.37. The Morgan fingerprint density at radius 1 is 0.974 bits per heavy atom. The Morgan fingerprint density at radius 3 is 2.50 bits per heavy atom. The minimum absolute atomic E-state index is 0.000358. The SMILES string of the molecule is CCCCc1ccc(C(=O)N2CCN(C(=O)CCN3CCc4sccc4[C@H]3c3ccccc3)C[C@@H]2C)cc1. The van der Waals surface area contributed by atoms with E-state index in [4.69, 9.17) is 0 Å².